The molecule has 0 spiro atoms. The van der Waals surface area contributed by atoms with Gasteiger partial charge >= 0.3 is 0 Å². The number of hydrogen-bond acceptors (Lipinski definition) is 4. The summed E-state index contributed by atoms with van der Waals surface area (Å²) in [6.45, 7) is 14.2. The van der Waals surface area contributed by atoms with E-state index in [1.165, 1.54) is 42.9 Å². The number of piperidine rings is 1. The molecule has 2 aliphatic rings. The van der Waals surface area contributed by atoms with E-state index in [0.717, 1.165) is 45.3 Å². The van der Waals surface area contributed by atoms with Crippen molar-refractivity contribution in [3.63, 3.8) is 0 Å². The van der Waals surface area contributed by atoms with E-state index in [2.05, 4.69) is 48.8 Å². The average Bonchev–Trinajstić information content (AvgIpc) is 2.78. The molecule has 1 amide bonds. The van der Waals surface area contributed by atoms with Gasteiger partial charge in [0.1, 0.15) is 0 Å². The zero-order chi connectivity index (χ0) is 20.8. The van der Waals surface area contributed by atoms with Gasteiger partial charge in [0.25, 0.3) is 0 Å². The molecule has 2 N–H and O–H groups in total. The van der Waals surface area contributed by atoms with Gasteiger partial charge in [-0.05, 0) is 55.3 Å². The third-order valence-corrected chi connectivity index (χ3v) is 6.95. The number of nitrogens with two attached hydrogens (primary N) is 1. The summed E-state index contributed by atoms with van der Waals surface area (Å²) in [7, 11) is 0. The number of aryl methyl sites for hydroxylation is 2. The molecule has 1 aromatic carbocycles. The molecule has 2 saturated heterocycles. The number of carbonyl (C=O) groups excluding carboxylic acids is 1. The van der Waals surface area contributed by atoms with Crippen molar-refractivity contribution in [2.45, 2.75) is 65.0 Å². The summed E-state index contributed by atoms with van der Waals surface area (Å²) in [6.07, 6.45) is 4.87. The molecule has 1 atom stereocenters. The van der Waals surface area contributed by atoms with Crippen LogP contribution in [0, 0.1) is 0 Å². The Hall–Kier alpha value is -1.43. The zero-order valence-electron chi connectivity index (χ0n) is 18.7. The summed E-state index contributed by atoms with van der Waals surface area (Å²) < 4.78 is 0. The molecule has 2 heterocycles. The largest absolute Gasteiger partial charge is 0.341 e. The van der Waals surface area contributed by atoms with Crippen molar-refractivity contribution in [3.05, 3.63) is 34.9 Å². The van der Waals surface area contributed by atoms with Crippen molar-refractivity contribution in [1.29, 1.82) is 0 Å². The minimum Gasteiger partial charge on any atom is -0.341 e. The van der Waals surface area contributed by atoms with Gasteiger partial charge in [0.15, 0.2) is 0 Å². The first kappa shape index (κ1) is 22.3. The van der Waals surface area contributed by atoms with E-state index in [0.29, 0.717) is 12.5 Å². The molecular formula is C24H40N4O. The van der Waals surface area contributed by atoms with Crippen LogP contribution in [0.3, 0.4) is 0 Å². The summed E-state index contributed by atoms with van der Waals surface area (Å²) in [5, 5.41) is 0. The Morgan fingerprint density at radius 1 is 1.00 bits per heavy atom. The number of amides is 1. The maximum atomic E-state index is 12.9. The van der Waals surface area contributed by atoms with Crippen LogP contribution in [0.25, 0.3) is 0 Å². The molecule has 5 nitrogen and oxygen atoms in total. The van der Waals surface area contributed by atoms with E-state index in [9.17, 15) is 4.79 Å². The van der Waals surface area contributed by atoms with Crippen LogP contribution < -0.4 is 5.73 Å². The van der Waals surface area contributed by atoms with Gasteiger partial charge in [-0.15, -0.1) is 0 Å². The Morgan fingerprint density at radius 2 is 1.66 bits per heavy atom. The van der Waals surface area contributed by atoms with E-state index in [4.69, 9.17) is 5.73 Å². The fourth-order valence-corrected chi connectivity index (χ4v) is 4.95. The van der Waals surface area contributed by atoms with Crippen LogP contribution in [-0.4, -0.2) is 78.5 Å². The monoisotopic (exact) mass is 400 g/mol. The lowest BCUT2D eigenvalue weighted by Gasteiger charge is -2.43. The van der Waals surface area contributed by atoms with Crippen molar-refractivity contribution < 1.29 is 4.79 Å². The second-order valence-electron chi connectivity index (χ2n) is 8.65. The number of rotatable bonds is 7. The molecule has 0 aliphatic carbocycles. The maximum Gasteiger partial charge on any atom is 0.239 e. The Morgan fingerprint density at radius 3 is 2.24 bits per heavy atom. The second kappa shape index (κ2) is 10.6. The van der Waals surface area contributed by atoms with Gasteiger partial charge in [0, 0.05) is 45.3 Å². The Bertz CT molecular complexity index is 661. The first-order chi connectivity index (χ1) is 14.0. The number of hydrogen-bond donors (Lipinski definition) is 1. The number of benzene rings is 1. The van der Waals surface area contributed by atoms with E-state index in [-0.39, 0.29) is 5.91 Å². The van der Waals surface area contributed by atoms with E-state index >= 15 is 0 Å². The molecular weight excluding hydrogens is 360 g/mol. The highest BCUT2D eigenvalue weighted by Gasteiger charge is 2.30. The topological polar surface area (TPSA) is 52.8 Å². The Labute approximate surface area is 177 Å². The Balaban J connectivity index is 1.49. The lowest BCUT2D eigenvalue weighted by Crippen LogP contribution is -2.55. The van der Waals surface area contributed by atoms with Crippen LogP contribution in [0.2, 0.25) is 0 Å². The quantitative estimate of drug-likeness (QED) is 0.763. The van der Waals surface area contributed by atoms with Crippen LogP contribution in [0.15, 0.2) is 18.2 Å². The molecule has 0 aromatic heterocycles. The van der Waals surface area contributed by atoms with Crippen molar-refractivity contribution in [2.75, 3.05) is 45.8 Å². The summed E-state index contributed by atoms with van der Waals surface area (Å²) in [5.74, 6) is 0.122. The fraction of sp³-hybridized carbons (Fsp3) is 0.708. The average molecular weight is 401 g/mol. The van der Waals surface area contributed by atoms with Crippen molar-refractivity contribution in [2.24, 2.45) is 5.73 Å². The van der Waals surface area contributed by atoms with Crippen LogP contribution in [0.1, 0.15) is 50.3 Å². The minimum absolute atomic E-state index is 0.122. The van der Waals surface area contributed by atoms with Crippen LogP contribution >= 0.6 is 0 Å². The molecule has 2 fully saturated rings. The van der Waals surface area contributed by atoms with Crippen LogP contribution in [-0.2, 0) is 24.1 Å². The summed E-state index contributed by atoms with van der Waals surface area (Å²) >= 11 is 0. The van der Waals surface area contributed by atoms with Gasteiger partial charge in [0.2, 0.25) is 5.91 Å². The Kier molecular flexibility index (Phi) is 8.10. The minimum atomic E-state index is -0.433. The molecule has 5 heteroatoms. The second-order valence-corrected chi connectivity index (χ2v) is 8.65. The van der Waals surface area contributed by atoms with E-state index in [1.54, 1.807) is 0 Å². The third kappa shape index (κ3) is 5.59. The summed E-state index contributed by atoms with van der Waals surface area (Å²) in [6, 6.07) is 6.79. The van der Waals surface area contributed by atoms with E-state index < -0.39 is 6.04 Å². The molecule has 1 aromatic rings. The predicted octanol–water partition coefficient (Wildman–Crippen LogP) is 2.31. The van der Waals surface area contributed by atoms with Crippen molar-refractivity contribution >= 4 is 5.91 Å². The third-order valence-electron chi connectivity index (χ3n) is 6.95. The van der Waals surface area contributed by atoms with Gasteiger partial charge in [0.05, 0.1) is 6.04 Å². The lowest BCUT2D eigenvalue weighted by atomic mass is 9.96. The van der Waals surface area contributed by atoms with Gasteiger partial charge in [-0.1, -0.05) is 39.0 Å². The molecule has 0 saturated carbocycles. The molecule has 0 unspecified atom stereocenters. The number of likely N-dealkylation sites (tertiary alicyclic amines) is 1. The molecule has 0 radical (unpaired) electrons. The highest BCUT2D eigenvalue weighted by Crippen LogP contribution is 2.20. The molecule has 162 valence electrons. The predicted molar refractivity (Wildman–Crippen MR) is 120 cm³/mol. The summed E-state index contributed by atoms with van der Waals surface area (Å²) in [5.41, 5.74) is 10.3. The molecule has 0 bridgehead atoms. The number of carbonyl (C=O) groups is 1. The van der Waals surface area contributed by atoms with Crippen LogP contribution in [0.4, 0.5) is 0 Å². The number of piperazine rings is 1. The standard InChI is InChI=1S/C24H40N4O/c1-4-20-8-7-19(17-21(20)5-2)18-23(25)24(29)28-11-9-22(10-12-28)27-15-13-26(6-3)14-16-27/h7-8,17,22-23H,4-6,9-16,18,25H2,1-3H3/t23-/m1/s1. The fourth-order valence-electron chi connectivity index (χ4n) is 4.95. The molecule has 29 heavy (non-hydrogen) atoms. The van der Waals surface area contributed by atoms with Gasteiger partial charge in [-0.2, -0.15) is 0 Å². The van der Waals surface area contributed by atoms with E-state index in [1.807, 2.05) is 4.90 Å². The normalized spacial score (nSPS) is 20.8. The highest BCUT2D eigenvalue weighted by molar-refractivity contribution is 5.82. The molecule has 3 rings (SSSR count). The first-order valence-corrected chi connectivity index (χ1v) is 11.7. The molecule has 2 aliphatic heterocycles. The van der Waals surface area contributed by atoms with Gasteiger partial charge in [-0.25, -0.2) is 0 Å². The van der Waals surface area contributed by atoms with Crippen molar-refractivity contribution in [3.8, 4) is 0 Å². The van der Waals surface area contributed by atoms with Gasteiger partial charge in [-0.3, -0.25) is 9.69 Å². The number of nitrogens with zero attached hydrogens (tertiary/aromatic N) is 3. The highest BCUT2D eigenvalue weighted by atomic mass is 16.2. The smallest absolute Gasteiger partial charge is 0.239 e. The lowest BCUT2D eigenvalue weighted by molar-refractivity contribution is -0.134. The van der Waals surface area contributed by atoms with Crippen LogP contribution in [0.5, 0.6) is 0 Å². The maximum absolute atomic E-state index is 12.9. The first-order valence-electron chi connectivity index (χ1n) is 11.7. The summed E-state index contributed by atoms with van der Waals surface area (Å²) in [4.78, 5) is 20.1. The van der Waals surface area contributed by atoms with Crippen molar-refractivity contribution in [1.82, 2.24) is 14.7 Å². The number of likely N-dealkylation sites (N-methyl/N-ethyl adjacent to an activating group) is 1. The van der Waals surface area contributed by atoms with Gasteiger partial charge < -0.3 is 15.5 Å². The SMILES string of the molecule is CCc1ccc(C[C@@H](N)C(=O)N2CCC(N3CCN(CC)CC3)CC2)cc1CC. The zero-order valence-corrected chi connectivity index (χ0v) is 18.7.